The van der Waals surface area contributed by atoms with E-state index in [4.69, 9.17) is 0 Å². The number of aromatic nitrogens is 1. The van der Waals surface area contributed by atoms with E-state index >= 15 is 0 Å². The van der Waals surface area contributed by atoms with E-state index in [1.54, 1.807) is 10.6 Å². The Balaban J connectivity index is 1.38. The van der Waals surface area contributed by atoms with Gasteiger partial charge in [0, 0.05) is 44.8 Å². The Morgan fingerprint density at radius 3 is 2.44 bits per heavy atom. The van der Waals surface area contributed by atoms with Gasteiger partial charge in [-0.2, -0.15) is 0 Å². The van der Waals surface area contributed by atoms with Crippen LogP contribution in [-0.4, -0.2) is 84.3 Å². The minimum Gasteiger partial charge on any atom is -0.390 e. The zero-order chi connectivity index (χ0) is 26.2. The molecule has 10 heteroatoms. The highest BCUT2D eigenvalue weighted by molar-refractivity contribution is 7.88. The summed E-state index contributed by atoms with van der Waals surface area (Å²) in [5.74, 6) is -0.0412. The molecule has 2 fully saturated rings. The van der Waals surface area contributed by atoms with Gasteiger partial charge in [-0.1, -0.05) is 18.2 Å². The summed E-state index contributed by atoms with van der Waals surface area (Å²) in [5, 5.41) is 14.4. The number of hydrogen-bond acceptors (Lipinski definition) is 6. The Morgan fingerprint density at radius 2 is 1.83 bits per heavy atom. The smallest absolute Gasteiger partial charge is 0.264 e. The van der Waals surface area contributed by atoms with Crippen LogP contribution in [0.3, 0.4) is 0 Å². The summed E-state index contributed by atoms with van der Waals surface area (Å²) in [4.78, 5) is 28.5. The molecule has 0 radical (unpaired) electrons. The first-order chi connectivity index (χ1) is 17.0. The number of likely N-dealkylation sites (N-methyl/N-ethyl adjacent to an activating group) is 1. The number of amides is 1. The summed E-state index contributed by atoms with van der Waals surface area (Å²) >= 11 is 0. The number of para-hydroxylation sites is 1. The van der Waals surface area contributed by atoms with E-state index in [0.29, 0.717) is 31.1 Å². The first kappa shape index (κ1) is 26.8. The first-order valence-electron chi connectivity index (χ1n) is 12.7. The molecular formula is C26H38N4O5S. The molecule has 9 nitrogen and oxygen atoms in total. The van der Waals surface area contributed by atoms with Gasteiger partial charge in [0.1, 0.15) is 5.56 Å². The zero-order valence-corrected chi connectivity index (χ0v) is 22.4. The van der Waals surface area contributed by atoms with Crippen LogP contribution in [0.1, 0.15) is 55.9 Å². The van der Waals surface area contributed by atoms with Gasteiger partial charge in [-0.05, 0) is 63.0 Å². The lowest BCUT2D eigenvalue weighted by Crippen LogP contribution is -2.50. The van der Waals surface area contributed by atoms with Crippen molar-refractivity contribution in [1.29, 1.82) is 0 Å². The van der Waals surface area contributed by atoms with Gasteiger partial charge < -0.3 is 15.0 Å². The van der Waals surface area contributed by atoms with Crippen LogP contribution in [0.5, 0.6) is 0 Å². The van der Waals surface area contributed by atoms with Crippen molar-refractivity contribution in [3.05, 3.63) is 46.2 Å². The molecule has 198 valence electrons. The molecule has 1 aromatic carbocycles. The molecule has 1 unspecified atom stereocenters. The average Bonchev–Trinajstić information content (AvgIpc) is 3.02. The van der Waals surface area contributed by atoms with E-state index in [-0.39, 0.29) is 29.6 Å². The van der Waals surface area contributed by atoms with Crippen LogP contribution in [0.25, 0.3) is 10.9 Å². The summed E-state index contributed by atoms with van der Waals surface area (Å²) in [5.41, 5.74) is 0.716. The maximum absolute atomic E-state index is 13.1. The van der Waals surface area contributed by atoms with Crippen molar-refractivity contribution < 1.29 is 18.3 Å². The quantitative estimate of drug-likeness (QED) is 0.524. The van der Waals surface area contributed by atoms with Gasteiger partial charge in [0.15, 0.2) is 0 Å². The molecule has 0 spiro atoms. The van der Waals surface area contributed by atoms with Gasteiger partial charge >= 0.3 is 0 Å². The molecule has 4 rings (SSSR count). The monoisotopic (exact) mass is 518 g/mol. The van der Waals surface area contributed by atoms with Gasteiger partial charge in [-0.25, -0.2) is 12.7 Å². The summed E-state index contributed by atoms with van der Waals surface area (Å²) in [6, 6.07) is 9.85. The largest absolute Gasteiger partial charge is 0.390 e. The average molecular weight is 519 g/mol. The maximum atomic E-state index is 13.1. The van der Waals surface area contributed by atoms with Crippen LogP contribution in [0.2, 0.25) is 0 Å². The van der Waals surface area contributed by atoms with Crippen molar-refractivity contribution in [3.8, 4) is 0 Å². The summed E-state index contributed by atoms with van der Waals surface area (Å²) in [7, 11) is -1.85. The fraction of sp³-hybridized carbons (Fsp3) is 0.615. The molecule has 2 aromatic rings. The van der Waals surface area contributed by atoms with Gasteiger partial charge in [0.2, 0.25) is 10.0 Å². The van der Waals surface area contributed by atoms with Crippen molar-refractivity contribution in [2.45, 2.75) is 63.8 Å². The molecule has 36 heavy (non-hydrogen) atoms. The second-order valence-corrected chi connectivity index (χ2v) is 12.8. The second-order valence-electron chi connectivity index (χ2n) is 10.7. The first-order valence-corrected chi connectivity index (χ1v) is 14.6. The molecule has 2 N–H and O–H groups in total. The number of fused-ring (bicyclic) bond motifs is 3. The number of hydrogen-bond donors (Lipinski definition) is 2. The normalized spacial score (nSPS) is 23.5. The van der Waals surface area contributed by atoms with Crippen LogP contribution in [-0.2, 0) is 10.0 Å². The Labute approximate surface area is 213 Å². The molecular weight excluding hydrogens is 480 g/mol. The number of pyridine rings is 1. The van der Waals surface area contributed by atoms with Gasteiger partial charge in [0.05, 0.1) is 17.9 Å². The predicted molar refractivity (Wildman–Crippen MR) is 141 cm³/mol. The summed E-state index contributed by atoms with van der Waals surface area (Å²) in [6.07, 6.45) is 4.26. The van der Waals surface area contributed by atoms with Crippen molar-refractivity contribution in [1.82, 2.24) is 19.1 Å². The molecule has 2 saturated heterocycles. The highest BCUT2D eigenvalue weighted by Crippen LogP contribution is 2.38. The van der Waals surface area contributed by atoms with E-state index in [2.05, 4.69) is 10.2 Å². The third kappa shape index (κ3) is 5.66. The zero-order valence-electron chi connectivity index (χ0n) is 21.6. The Bertz CT molecular complexity index is 1260. The molecule has 2 bridgehead atoms. The van der Waals surface area contributed by atoms with Crippen molar-refractivity contribution in [3.63, 3.8) is 0 Å². The molecule has 0 aliphatic carbocycles. The van der Waals surface area contributed by atoms with Gasteiger partial charge in [0.25, 0.3) is 11.5 Å². The van der Waals surface area contributed by atoms with E-state index < -0.39 is 16.1 Å². The molecule has 1 aromatic heterocycles. The third-order valence-electron chi connectivity index (χ3n) is 7.70. The number of benzene rings is 1. The standard InChI is InChI=1S/C26H38N4O5S/c1-17(2)30-24-8-6-5-7-19(24)13-23(26(30)33)25(32)27-14-18-11-20-9-10-21(12-18)29(20)16-22(31)15-28(3)36(4,34)35/h5-8,13,17-18,20-22,31H,9-12,14-16H2,1-4H3,(H,27,32)/t18?,20-,21+,22-/m1/s1. The number of aliphatic hydroxyl groups excluding tert-OH is 1. The molecule has 4 atom stereocenters. The van der Waals surface area contributed by atoms with Crippen molar-refractivity contribution in [2.75, 3.05) is 32.9 Å². The van der Waals surface area contributed by atoms with Gasteiger partial charge in [-0.3, -0.25) is 14.5 Å². The summed E-state index contributed by atoms with van der Waals surface area (Å²) in [6.45, 7) is 4.91. The van der Waals surface area contributed by atoms with Crippen LogP contribution >= 0.6 is 0 Å². The van der Waals surface area contributed by atoms with Crippen LogP contribution in [0.4, 0.5) is 0 Å². The lowest BCUT2D eigenvalue weighted by Gasteiger charge is -2.40. The van der Waals surface area contributed by atoms with Crippen LogP contribution in [0.15, 0.2) is 35.1 Å². The van der Waals surface area contributed by atoms with E-state index in [9.17, 15) is 23.1 Å². The van der Waals surface area contributed by atoms with Crippen molar-refractivity contribution in [2.24, 2.45) is 5.92 Å². The van der Waals surface area contributed by atoms with Gasteiger partial charge in [-0.15, -0.1) is 0 Å². The molecule has 1 amide bonds. The summed E-state index contributed by atoms with van der Waals surface area (Å²) < 4.78 is 26.2. The number of piperidine rings is 1. The van der Waals surface area contributed by atoms with Crippen LogP contribution < -0.4 is 10.9 Å². The van der Waals surface area contributed by atoms with E-state index in [1.165, 1.54) is 11.4 Å². The SMILES string of the molecule is CC(C)n1c(=O)c(C(=O)NCC2C[C@H]3CC[C@@H](C2)N3C[C@H](O)CN(C)S(C)(=O)=O)cc2ccccc21. The third-order valence-corrected chi connectivity index (χ3v) is 8.98. The minimum absolute atomic E-state index is 0.0670. The second kappa shape index (κ2) is 10.6. The number of sulfonamides is 1. The fourth-order valence-electron chi connectivity index (χ4n) is 5.88. The number of carbonyl (C=O) groups excluding carboxylic acids is 1. The lowest BCUT2D eigenvalue weighted by atomic mass is 9.90. The molecule has 0 saturated carbocycles. The lowest BCUT2D eigenvalue weighted by molar-refractivity contribution is 0.0394. The molecule has 3 heterocycles. The maximum Gasteiger partial charge on any atom is 0.264 e. The topological polar surface area (TPSA) is 112 Å². The number of carbonyl (C=O) groups is 1. The Morgan fingerprint density at radius 1 is 1.19 bits per heavy atom. The minimum atomic E-state index is -3.33. The predicted octanol–water partition coefficient (Wildman–Crippen LogP) is 1.81. The van der Waals surface area contributed by atoms with E-state index in [0.717, 1.165) is 42.8 Å². The Hall–Kier alpha value is -2.27. The van der Waals surface area contributed by atoms with E-state index in [1.807, 2.05) is 38.1 Å². The number of rotatable bonds is 9. The fourth-order valence-corrected chi connectivity index (χ4v) is 6.32. The Kier molecular flexibility index (Phi) is 7.89. The number of nitrogens with one attached hydrogen (secondary N) is 1. The van der Waals surface area contributed by atoms with Crippen LogP contribution in [0, 0.1) is 5.92 Å². The number of nitrogens with zero attached hydrogens (tertiary/aromatic N) is 3. The molecule has 2 aliphatic heterocycles. The highest BCUT2D eigenvalue weighted by atomic mass is 32.2. The van der Waals surface area contributed by atoms with Crippen molar-refractivity contribution >= 4 is 26.8 Å². The highest BCUT2D eigenvalue weighted by Gasteiger charge is 2.41. The molecule has 2 aliphatic rings. The number of aliphatic hydroxyl groups is 1.